The number of hydrogen-bond acceptors (Lipinski definition) is 5. The maximum atomic E-state index is 13.9. The first-order valence-corrected chi connectivity index (χ1v) is 9.01. The summed E-state index contributed by atoms with van der Waals surface area (Å²) >= 11 is 0. The predicted molar refractivity (Wildman–Crippen MR) is 93.5 cm³/mol. The summed E-state index contributed by atoms with van der Waals surface area (Å²) in [5, 5.41) is 8.07. The number of anilines is 1. The van der Waals surface area contributed by atoms with Crippen LogP contribution in [0.15, 0.2) is 30.5 Å². The highest BCUT2D eigenvalue weighted by Crippen LogP contribution is 2.20. The third-order valence-electron chi connectivity index (χ3n) is 4.93. The van der Waals surface area contributed by atoms with Gasteiger partial charge in [0.1, 0.15) is 5.82 Å². The molecule has 1 aromatic heterocycles. The van der Waals surface area contributed by atoms with Crippen molar-refractivity contribution < 1.29 is 13.9 Å². The van der Waals surface area contributed by atoms with E-state index in [1.807, 2.05) is 11.0 Å². The fourth-order valence-corrected chi connectivity index (χ4v) is 3.50. The zero-order chi connectivity index (χ0) is 17.9. The average Bonchev–Trinajstić information content (AvgIpc) is 3.34. The Morgan fingerprint density at radius 2 is 2.04 bits per heavy atom. The van der Waals surface area contributed by atoms with E-state index in [4.69, 9.17) is 4.74 Å². The fraction of sp³-hybridized carbons (Fsp3) is 0.500. The van der Waals surface area contributed by atoms with E-state index >= 15 is 0 Å². The number of nitrogens with zero attached hydrogens (tertiary/aromatic N) is 5. The van der Waals surface area contributed by atoms with E-state index < -0.39 is 0 Å². The molecule has 0 bridgehead atoms. The van der Waals surface area contributed by atoms with Crippen LogP contribution in [0.1, 0.15) is 23.3 Å². The van der Waals surface area contributed by atoms with Crippen molar-refractivity contribution >= 4 is 11.6 Å². The highest BCUT2D eigenvalue weighted by molar-refractivity contribution is 5.92. The van der Waals surface area contributed by atoms with Crippen LogP contribution in [0.25, 0.3) is 0 Å². The Balaban J connectivity index is 1.35. The number of carbonyl (C=O) groups excluding carboxylic acids is 1. The van der Waals surface area contributed by atoms with Gasteiger partial charge in [0.2, 0.25) is 0 Å². The molecule has 2 aromatic rings. The lowest BCUT2D eigenvalue weighted by atomic mass is 10.2. The van der Waals surface area contributed by atoms with Crippen molar-refractivity contribution in [2.24, 2.45) is 0 Å². The molecule has 0 N–H and O–H groups in total. The number of hydrogen-bond donors (Lipinski definition) is 0. The summed E-state index contributed by atoms with van der Waals surface area (Å²) in [6, 6.07) is 6.73. The first-order valence-electron chi connectivity index (χ1n) is 9.01. The summed E-state index contributed by atoms with van der Waals surface area (Å²) < 4.78 is 21.2. The Morgan fingerprint density at radius 1 is 1.23 bits per heavy atom. The van der Waals surface area contributed by atoms with Gasteiger partial charge in [-0.05, 0) is 25.0 Å². The second-order valence-corrected chi connectivity index (χ2v) is 6.69. The van der Waals surface area contributed by atoms with Crippen LogP contribution in [0.3, 0.4) is 0 Å². The second-order valence-electron chi connectivity index (χ2n) is 6.69. The Labute approximate surface area is 151 Å². The molecule has 1 amide bonds. The molecule has 26 heavy (non-hydrogen) atoms. The molecule has 138 valence electrons. The number of aromatic nitrogens is 3. The number of amides is 1. The van der Waals surface area contributed by atoms with Crippen molar-refractivity contribution in [3.63, 3.8) is 0 Å². The summed E-state index contributed by atoms with van der Waals surface area (Å²) in [6.45, 7) is 3.67. The SMILES string of the molecule is O=C(c1cn(CC2CCCO2)nn1)N1CCN(c2ccccc2F)CC1. The highest BCUT2D eigenvalue weighted by Gasteiger charge is 2.25. The molecule has 2 fully saturated rings. The van der Waals surface area contributed by atoms with E-state index in [1.54, 1.807) is 27.9 Å². The maximum absolute atomic E-state index is 13.9. The minimum atomic E-state index is -0.232. The van der Waals surface area contributed by atoms with Crippen molar-refractivity contribution in [3.8, 4) is 0 Å². The second kappa shape index (κ2) is 7.41. The topological polar surface area (TPSA) is 63.5 Å². The van der Waals surface area contributed by atoms with Gasteiger partial charge in [-0.3, -0.25) is 4.79 Å². The third kappa shape index (κ3) is 3.55. The molecule has 0 spiro atoms. The molecular weight excluding hydrogens is 337 g/mol. The van der Waals surface area contributed by atoms with Gasteiger partial charge in [-0.25, -0.2) is 9.07 Å². The van der Waals surface area contributed by atoms with Crippen LogP contribution >= 0.6 is 0 Å². The molecule has 2 saturated heterocycles. The standard InChI is InChI=1S/C18H22FN5O2/c19-15-5-1-2-6-17(15)22-7-9-23(10-8-22)18(25)16-13-24(21-20-16)12-14-4-3-11-26-14/h1-2,5-6,13-14H,3-4,7-12H2. The Kier molecular flexibility index (Phi) is 4.83. The van der Waals surface area contributed by atoms with E-state index in [2.05, 4.69) is 10.3 Å². The lowest BCUT2D eigenvalue weighted by Gasteiger charge is -2.35. The molecule has 4 rings (SSSR count). The molecule has 2 aliphatic rings. The van der Waals surface area contributed by atoms with Gasteiger partial charge >= 0.3 is 0 Å². The molecule has 0 saturated carbocycles. The number of ether oxygens (including phenoxy) is 1. The van der Waals surface area contributed by atoms with Crippen molar-refractivity contribution in [2.45, 2.75) is 25.5 Å². The molecule has 8 heteroatoms. The normalized spacial score (nSPS) is 20.6. The van der Waals surface area contributed by atoms with Gasteiger partial charge in [0.05, 0.1) is 24.5 Å². The monoisotopic (exact) mass is 359 g/mol. The van der Waals surface area contributed by atoms with Crippen LogP contribution in [-0.4, -0.2) is 64.7 Å². The van der Waals surface area contributed by atoms with E-state index in [9.17, 15) is 9.18 Å². The molecule has 3 heterocycles. The third-order valence-corrected chi connectivity index (χ3v) is 4.93. The molecule has 2 aliphatic heterocycles. The lowest BCUT2D eigenvalue weighted by molar-refractivity contribution is 0.0740. The maximum Gasteiger partial charge on any atom is 0.276 e. The summed E-state index contributed by atoms with van der Waals surface area (Å²) in [7, 11) is 0. The summed E-state index contributed by atoms with van der Waals surface area (Å²) in [5.74, 6) is -0.360. The van der Waals surface area contributed by atoms with Crippen molar-refractivity contribution in [2.75, 3.05) is 37.7 Å². The van der Waals surface area contributed by atoms with Crippen molar-refractivity contribution in [1.82, 2.24) is 19.9 Å². The van der Waals surface area contributed by atoms with Gasteiger partial charge in [0, 0.05) is 32.8 Å². The first kappa shape index (κ1) is 17.0. The van der Waals surface area contributed by atoms with Gasteiger partial charge in [0.15, 0.2) is 5.69 Å². The molecule has 1 atom stereocenters. The van der Waals surface area contributed by atoms with Gasteiger partial charge in [-0.2, -0.15) is 0 Å². The average molecular weight is 359 g/mol. The van der Waals surface area contributed by atoms with Crippen molar-refractivity contribution in [3.05, 3.63) is 42.0 Å². The number of carbonyl (C=O) groups is 1. The van der Waals surface area contributed by atoms with Gasteiger partial charge in [-0.15, -0.1) is 5.10 Å². The van der Waals surface area contributed by atoms with Crippen molar-refractivity contribution in [1.29, 1.82) is 0 Å². The minimum absolute atomic E-state index is 0.128. The van der Waals surface area contributed by atoms with E-state index in [0.29, 0.717) is 44.1 Å². The molecule has 1 unspecified atom stereocenters. The number of rotatable bonds is 4. The van der Waals surface area contributed by atoms with Gasteiger partial charge in [-0.1, -0.05) is 17.3 Å². The Hall–Kier alpha value is -2.48. The number of halogens is 1. The van der Waals surface area contributed by atoms with Crippen LogP contribution in [0.5, 0.6) is 0 Å². The van der Waals surface area contributed by atoms with Gasteiger partial charge < -0.3 is 14.5 Å². The van der Waals surface area contributed by atoms with E-state index in [0.717, 1.165) is 19.4 Å². The highest BCUT2D eigenvalue weighted by atomic mass is 19.1. The quantitative estimate of drug-likeness (QED) is 0.829. The molecule has 0 radical (unpaired) electrons. The first-order chi connectivity index (χ1) is 12.7. The summed E-state index contributed by atoms with van der Waals surface area (Å²) in [5.41, 5.74) is 0.935. The lowest BCUT2D eigenvalue weighted by Crippen LogP contribution is -2.49. The molecular formula is C18H22FN5O2. The fourth-order valence-electron chi connectivity index (χ4n) is 3.50. The minimum Gasteiger partial charge on any atom is -0.376 e. The number of para-hydroxylation sites is 1. The van der Waals surface area contributed by atoms with Crippen LogP contribution in [-0.2, 0) is 11.3 Å². The molecule has 0 aliphatic carbocycles. The zero-order valence-corrected chi connectivity index (χ0v) is 14.6. The van der Waals surface area contributed by atoms with Crippen LogP contribution in [0.2, 0.25) is 0 Å². The van der Waals surface area contributed by atoms with Crippen LogP contribution in [0, 0.1) is 5.82 Å². The number of benzene rings is 1. The van der Waals surface area contributed by atoms with Gasteiger partial charge in [0.25, 0.3) is 5.91 Å². The summed E-state index contributed by atoms with van der Waals surface area (Å²) in [4.78, 5) is 16.4. The molecule has 1 aromatic carbocycles. The van der Waals surface area contributed by atoms with E-state index in [1.165, 1.54) is 6.07 Å². The largest absolute Gasteiger partial charge is 0.376 e. The van der Waals surface area contributed by atoms with Crippen LogP contribution < -0.4 is 4.90 Å². The Morgan fingerprint density at radius 3 is 2.77 bits per heavy atom. The van der Waals surface area contributed by atoms with Crippen LogP contribution in [0.4, 0.5) is 10.1 Å². The smallest absolute Gasteiger partial charge is 0.276 e. The zero-order valence-electron chi connectivity index (χ0n) is 14.6. The van der Waals surface area contributed by atoms with E-state index in [-0.39, 0.29) is 17.8 Å². The number of piperazine rings is 1. The summed E-state index contributed by atoms with van der Waals surface area (Å²) in [6.07, 6.45) is 3.93. The predicted octanol–water partition coefficient (Wildman–Crippen LogP) is 1.56. The molecule has 7 nitrogen and oxygen atoms in total. The Bertz CT molecular complexity index is 766.